The fourth-order valence-electron chi connectivity index (χ4n) is 2.47. The van der Waals surface area contributed by atoms with Crippen molar-refractivity contribution in [3.05, 3.63) is 18.2 Å². The van der Waals surface area contributed by atoms with Crippen molar-refractivity contribution < 1.29 is 24.3 Å². The largest absolute Gasteiger partial charge is 0.480 e. The molecular formula is C17H29N7O5S. The summed E-state index contributed by atoms with van der Waals surface area (Å²) in [4.78, 5) is 54.4. The van der Waals surface area contributed by atoms with Crippen molar-refractivity contribution in [3.8, 4) is 0 Å². The Hall–Kier alpha value is -2.64. The van der Waals surface area contributed by atoms with Crippen LogP contribution in [0.5, 0.6) is 0 Å². The zero-order valence-corrected chi connectivity index (χ0v) is 17.4. The predicted octanol–water partition coefficient (Wildman–Crippen LogP) is -2.49. The van der Waals surface area contributed by atoms with Crippen molar-refractivity contribution >= 4 is 36.3 Å². The van der Waals surface area contributed by atoms with Gasteiger partial charge in [0.25, 0.3) is 0 Å². The fourth-order valence-corrected chi connectivity index (χ4v) is 2.71. The fraction of sp³-hybridized carbons (Fsp3) is 0.588. The first-order valence-corrected chi connectivity index (χ1v) is 10.1. The van der Waals surface area contributed by atoms with E-state index in [9.17, 15) is 19.2 Å². The second-order valence-electron chi connectivity index (χ2n) is 6.59. The first kappa shape index (κ1) is 25.4. The smallest absolute Gasteiger partial charge is 0.327 e. The lowest BCUT2D eigenvalue weighted by molar-refractivity contribution is -0.141. The number of carboxylic acids is 1. The Morgan fingerprint density at radius 2 is 1.90 bits per heavy atom. The van der Waals surface area contributed by atoms with Crippen molar-refractivity contribution in [3.63, 3.8) is 0 Å². The molecule has 1 aromatic heterocycles. The number of carbonyl (C=O) groups excluding carboxylic acids is 3. The van der Waals surface area contributed by atoms with Gasteiger partial charge in [0, 0.05) is 24.1 Å². The molecule has 0 bridgehead atoms. The van der Waals surface area contributed by atoms with Gasteiger partial charge in [-0.25, -0.2) is 9.78 Å². The molecule has 1 heterocycles. The third kappa shape index (κ3) is 9.24. The van der Waals surface area contributed by atoms with E-state index in [0.717, 1.165) is 6.42 Å². The number of hydrogen-bond donors (Lipinski definition) is 8. The van der Waals surface area contributed by atoms with Gasteiger partial charge in [0.15, 0.2) is 0 Å². The van der Waals surface area contributed by atoms with Crippen LogP contribution < -0.4 is 27.4 Å². The predicted molar refractivity (Wildman–Crippen MR) is 112 cm³/mol. The Morgan fingerprint density at radius 3 is 2.47 bits per heavy atom. The number of nitrogens with two attached hydrogens (primary N) is 2. The molecule has 1 aromatic rings. The average molecular weight is 444 g/mol. The van der Waals surface area contributed by atoms with Gasteiger partial charge >= 0.3 is 5.97 Å². The van der Waals surface area contributed by atoms with Crippen molar-refractivity contribution in [2.75, 3.05) is 18.8 Å². The highest BCUT2D eigenvalue weighted by Gasteiger charge is 2.25. The molecule has 12 nitrogen and oxygen atoms in total. The van der Waals surface area contributed by atoms with Gasteiger partial charge < -0.3 is 37.5 Å². The number of imidazole rings is 1. The van der Waals surface area contributed by atoms with E-state index in [2.05, 4.69) is 38.5 Å². The molecule has 0 spiro atoms. The molecule has 3 unspecified atom stereocenters. The lowest BCUT2D eigenvalue weighted by Gasteiger charge is -2.20. The van der Waals surface area contributed by atoms with Crippen LogP contribution in [0.3, 0.4) is 0 Å². The number of rotatable bonds is 14. The maximum absolute atomic E-state index is 12.6. The third-order valence-electron chi connectivity index (χ3n) is 4.16. The standard InChI is InChI=1S/C17H29N7O5S/c18-4-2-1-3-11(19)15(26)24-12(5-10-6-20-9-22-10)16(27)21-7-14(25)23-13(8-30)17(28)29/h6,9,11-13,30H,1-5,7-8,18-19H2,(H,20,22)(H,21,27)(H,23,25)(H,24,26)(H,28,29). The summed E-state index contributed by atoms with van der Waals surface area (Å²) in [7, 11) is 0. The molecular weight excluding hydrogens is 414 g/mol. The molecule has 13 heteroatoms. The van der Waals surface area contributed by atoms with E-state index in [1.54, 1.807) is 0 Å². The summed E-state index contributed by atoms with van der Waals surface area (Å²) >= 11 is 3.85. The first-order chi connectivity index (χ1) is 14.3. The molecule has 1 rings (SSSR count). The SMILES string of the molecule is NCCCCC(N)C(=O)NC(Cc1cnc[nH]1)C(=O)NCC(=O)NC(CS)C(=O)O. The minimum atomic E-state index is -1.24. The zero-order valence-electron chi connectivity index (χ0n) is 16.5. The molecule has 0 radical (unpaired) electrons. The Balaban J connectivity index is 2.67. The number of amides is 3. The van der Waals surface area contributed by atoms with Crippen LogP contribution in [-0.4, -0.2) is 75.7 Å². The van der Waals surface area contributed by atoms with Gasteiger partial charge in [-0.05, 0) is 19.4 Å². The van der Waals surface area contributed by atoms with Crippen LogP contribution in [0, 0.1) is 0 Å². The van der Waals surface area contributed by atoms with Crippen LogP contribution in [0.15, 0.2) is 12.5 Å². The van der Waals surface area contributed by atoms with Gasteiger partial charge in [-0.15, -0.1) is 0 Å². The minimum absolute atomic E-state index is 0.100. The maximum atomic E-state index is 12.6. The highest BCUT2D eigenvalue weighted by atomic mass is 32.1. The van der Waals surface area contributed by atoms with E-state index in [1.165, 1.54) is 12.5 Å². The minimum Gasteiger partial charge on any atom is -0.480 e. The zero-order chi connectivity index (χ0) is 22.5. The van der Waals surface area contributed by atoms with E-state index in [1.807, 2.05) is 0 Å². The second-order valence-corrected chi connectivity index (χ2v) is 6.96. The van der Waals surface area contributed by atoms with Gasteiger partial charge in [0.1, 0.15) is 12.1 Å². The van der Waals surface area contributed by atoms with Gasteiger partial charge in [0.2, 0.25) is 17.7 Å². The molecule has 0 saturated heterocycles. The lowest BCUT2D eigenvalue weighted by Crippen LogP contribution is -2.54. The molecule has 0 aliphatic carbocycles. The topological polar surface area (TPSA) is 205 Å². The van der Waals surface area contributed by atoms with Crippen LogP contribution in [-0.2, 0) is 25.6 Å². The molecule has 168 valence electrons. The number of unbranched alkanes of at least 4 members (excludes halogenated alkanes) is 1. The number of carbonyl (C=O) groups is 4. The molecule has 3 atom stereocenters. The van der Waals surface area contributed by atoms with Gasteiger partial charge in [-0.1, -0.05) is 6.42 Å². The summed E-state index contributed by atoms with van der Waals surface area (Å²) < 4.78 is 0. The number of nitrogens with one attached hydrogen (secondary N) is 4. The monoisotopic (exact) mass is 443 g/mol. The molecule has 9 N–H and O–H groups in total. The van der Waals surface area contributed by atoms with Crippen LogP contribution in [0.1, 0.15) is 25.0 Å². The maximum Gasteiger partial charge on any atom is 0.327 e. The number of H-pyrrole nitrogens is 1. The van der Waals surface area contributed by atoms with Gasteiger partial charge in [0.05, 0.1) is 18.9 Å². The van der Waals surface area contributed by atoms with Crippen molar-refractivity contribution in [1.82, 2.24) is 25.9 Å². The highest BCUT2D eigenvalue weighted by Crippen LogP contribution is 2.02. The normalized spacial score (nSPS) is 13.7. The summed E-state index contributed by atoms with van der Waals surface area (Å²) in [5, 5.41) is 16.1. The van der Waals surface area contributed by atoms with E-state index in [-0.39, 0.29) is 12.2 Å². The Labute approximate surface area is 179 Å². The summed E-state index contributed by atoms with van der Waals surface area (Å²) in [6.45, 7) is 0.0332. The number of aliphatic carboxylic acids is 1. The number of thiol groups is 1. The molecule has 3 amide bonds. The Bertz CT molecular complexity index is 701. The van der Waals surface area contributed by atoms with E-state index in [0.29, 0.717) is 25.1 Å². The third-order valence-corrected chi connectivity index (χ3v) is 4.52. The van der Waals surface area contributed by atoms with Crippen LogP contribution in [0.2, 0.25) is 0 Å². The molecule has 0 aromatic carbocycles. The number of hydrogen-bond acceptors (Lipinski definition) is 8. The summed E-state index contributed by atoms with van der Waals surface area (Å²) in [6.07, 6.45) is 4.87. The van der Waals surface area contributed by atoms with Crippen molar-refractivity contribution in [2.45, 2.75) is 43.8 Å². The van der Waals surface area contributed by atoms with Crippen LogP contribution >= 0.6 is 12.6 Å². The van der Waals surface area contributed by atoms with Crippen molar-refractivity contribution in [1.29, 1.82) is 0 Å². The first-order valence-electron chi connectivity index (χ1n) is 9.42. The van der Waals surface area contributed by atoms with Crippen LogP contribution in [0.25, 0.3) is 0 Å². The number of carboxylic acid groups (broad SMARTS) is 1. The Kier molecular flexibility index (Phi) is 11.5. The number of nitrogens with zero attached hydrogens (tertiary/aromatic N) is 1. The lowest BCUT2D eigenvalue weighted by atomic mass is 10.1. The summed E-state index contributed by atoms with van der Waals surface area (Å²) in [5.74, 6) is -3.17. The molecule has 0 fully saturated rings. The van der Waals surface area contributed by atoms with E-state index in [4.69, 9.17) is 16.6 Å². The Morgan fingerprint density at radius 1 is 1.17 bits per heavy atom. The molecule has 0 saturated carbocycles. The molecule has 30 heavy (non-hydrogen) atoms. The molecule has 0 aliphatic rings. The highest BCUT2D eigenvalue weighted by molar-refractivity contribution is 7.80. The molecule has 0 aliphatic heterocycles. The number of aromatic nitrogens is 2. The van der Waals surface area contributed by atoms with E-state index < -0.39 is 48.4 Å². The quantitative estimate of drug-likeness (QED) is 0.114. The number of aromatic amines is 1. The summed E-state index contributed by atoms with van der Waals surface area (Å²) in [5.41, 5.74) is 11.9. The second kappa shape index (κ2) is 13.6. The van der Waals surface area contributed by atoms with Gasteiger partial charge in [-0.2, -0.15) is 12.6 Å². The summed E-state index contributed by atoms with van der Waals surface area (Å²) in [6, 6.07) is -2.99. The van der Waals surface area contributed by atoms with Gasteiger partial charge in [-0.3, -0.25) is 14.4 Å². The van der Waals surface area contributed by atoms with E-state index >= 15 is 0 Å². The van der Waals surface area contributed by atoms with Crippen LogP contribution in [0.4, 0.5) is 0 Å². The average Bonchev–Trinajstić information content (AvgIpc) is 3.22. The van der Waals surface area contributed by atoms with Crippen molar-refractivity contribution in [2.24, 2.45) is 11.5 Å².